The molecule has 0 bridgehead atoms. The zero-order valence-electron chi connectivity index (χ0n) is 21.5. The van der Waals surface area contributed by atoms with Crippen LogP contribution in [0.5, 0.6) is 5.75 Å². The summed E-state index contributed by atoms with van der Waals surface area (Å²) in [5, 5.41) is 1.20. The van der Waals surface area contributed by atoms with Gasteiger partial charge in [-0.2, -0.15) is 13.2 Å². The second-order valence-electron chi connectivity index (χ2n) is 9.90. The highest BCUT2D eigenvalue weighted by Crippen LogP contribution is 2.31. The molecule has 0 unspecified atom stereocenters. The molecule has 1 fully saturated rings. The molecule has 1 saturated heterocycles. The van der Waals surface area contributed by atoms with Gasteiger partial charge in [0.1, 0.15) is 5.82 Å². The number of alkyl halides is 3. The number of unbranched alkanes of at least 4 members (excludes halogenated alkanes) is 3. The summed E-state index contributed by atoms with van der Waals surface area (Å²) in [7, 11) is 0. The monoisotopic (exact) mass is 536 g/mol. The molecule has 0 spiro atoms. The number of hydrogen-bond donors (Lipinski definition) is 0. The first-order valence-electron chi connectivity index (χ1n) is 13.2. The number of rotatable bonds is 11. The van der Waals surface area contributed by atoms with E-state index in [1.54, 1.807) is 12.1 Å². The summed E-state index contributed by atoms with van der Waals surface area (Å²) in [5.41, 5.74) is 1.85. The number of halogens is 5. The highest BCUT2D eigenvalue weighted by Gasteiger charge is 2.29. The highest BCUT2D eigenvalue weighted by molar-refractivity contribution is 5.84. The molecule has 38 heavy (non-hydrogen) atoms. The summed E-state index contributed by atoms with van der Waals surface area (Å²) in [6.07, 6.45) is 1.59. The van der Waals surface area contributed by atoms with E-state index in [0.29, 0.717) is 48.5 Å². The molecule has 0 saturated carbocycles. The van der Waals surface area contributed by atoms with Crippen LogP contribution in [0.2, 0.25) is 0 Å². The number of fused-ring (bicyclic) bond motifs is 1. The predicted octanol–water partition coefficient (Wildman–Crippen LogP) is 8.48. The molecule has 0 N–H and O–H groups in total. The predicted molar refractivity (Wildman–Crippen MR) is 136 cm³/mol. The third-order valence-electron chi connectivity index (χ3n) is 6.83. The molecule has 1 aliphatic heterocycles. The molecule has 206 valence electrons. The van der Waals surface area contributed by atoms with Crippen LogP contribution in [-0.2, 0) is 22.3 Å². The van der Waals surface area contributed by atoms with Crippen molar-refractivity contribution in [2.24, 2.45) is 5.92 Å². The topological polar surface area (TPSA) is 27.7 Å². The van der Waals surface area contributed by atoms with Crippen molar-refractivity contribution in [3.8, 4) is 5.75 Å². The van der Waals surface area contributed by atoms with Crippen molar-refractivity contribution in [3.63, 3.8) is 0 Å². The Morgan fingerprint density at radius 3 is 2.39 bits per heavy atom. The minimum absolute atomic E-state index is 0.306. The molecule has 1 aliphatic rings. The molecule has 3 nitrogen and oxygen atoms in total. The van der Waals surface area contributed by atoms with Gasteiger partial charge in [-0.1, -0.05) is 62.9 Å². The summed E-state index contributed by atoms with van der Waals surface area (Å²) >= 11 is 0. The van der Waals surface area contributed by atoms with Crippen molar-refractivity contribution < 1.29 is 36.2 Å². The summed E-state index contributed by atoms with van der Waals surface area (Å²) < 4.78 is 82.7. The summed E-state index contributed by atoms with van der Waals surface area (Å²) in [5.74, 6) is -1.29. The normalized spacial score (nSPS) is 18.2. The first-order valence-corrected chi connectivity index (χ1v) is 13.2. The molecule has 3 aromatic rings. The van der Waals surface area contributed by atoms with Crippen LogP contribution in [0.1, 0.15) is 62.0 Å². The van der Waals surface area contributed by atoms with Crippen molar-refractivity contribution in [1.29, 1.82) is 0 Å². The summed E-state index contributed by atoms with van der Waals surface area (Å²) in [6.45, 7) is 1.93. The van der Waals surface area contributed by atoms with Gasteiger partial charge in [-0.25, -0.2) is 8.78 Å². The van der Waals surface area contributed by atoms with E-state index in [2.05, 4.69) is 11.7 Å². The van der Waals surface area contributed by atoms with E-state index in [-0.39, 0.29) is 5.82 Å². The van der Waals surface area contributed by atoms with Crippen LogP contribution in [0.15, 0.2) is 48.5 Å². The fourth-order valence-electron chi connectivity index (χ4n) is 4.71. The lowest BCUT2D eigenvalue weighted by Crippen LogP contribution is -2.27. The average molecular weight is 537 g/mol. The molecule has 0 atom stereocenters. The molecule has 0 amide bonds. The Labute approximate surface area is 219 Å². The van der Waals surface area contributed by atoms with Crippen molar-refractivity contribution in [3.05, 3.63) is 76.9 Å². The Bertz CT molecular complexity index is 1200. The molecule has 0 aromatic heterocycles. The van der Waals surface area contributed by atoms with Gasteiger partial charge in [-0.15, -0.1) is 0 Å². The maximum Gasteiger partial charge on any atom is 0.422 e. The van der Waals surface area contributed by atoms with Crippen LogP contribution in [0.3, 0.4) is 0 Å². The van der Waals surface area contributed by atoms with Crippen molar-refractivity contribution in [2.45, 2.75) is 64.3 Å². The molecular formula is C30H33F5O3. The van der Waals surface area contributed by atoms with Gasteiger partial charge >= 0.3 is 6.18 Å². The number of hydrogen-bond acceptors (Lipinski definition) is 3. The Balaban J connectivity index is 1.35. The lowest BCUT2D eigenvalue weighted by atomic mass is 9.98. The van der Waals surface area contributed by atoms with Gasteiger partial charge in [0, 0.05) is 16.9 Å². The van der Waals surface area contributed by atoms with Crippen molar-refractivity contribution in [2.75, 3.05) is 19.8 Å². The number of aryl methyl sites for hydroxylation is 2. The first-order chi connectivity index (χ1) is 18.2. The smallest absolute Gasteiger partial charge is 0.422 e. The van der Waals surface area contributed by atoms with Crippen molar-refractivity contribution in [1.82, 2.24) is 0 Å². The van der Waals surface area contributed by atoms with Gasteiger partial charge in [0.25, 0.3) is 0 Å². The van der Waals surface area contributed by atoms with Crippen molar-refractivity contribution >= 4 is 10.8 Å². The van der Waals surface area contributed by atoms with Crippen LogP contribution >= 0.6 is 0 Å². The number of benzene rings is 3. The Morgan fingerprint density at radius 1 is 0.895 bits per heavy atom. The molecule has 3 aromatic carbocycles. The Hall–Kier alpha value is -2.71. The van der Waals surface area contributed by atoms with E-state index in [4.69, 9.17) is 9.47 Å². The standard InChI is InChI=1S/C30H33F5O3/c1-2-3-4-5-6-21-17-36-29(37-18-21)24-12-13-25-23(16-24)11-10-22(28(25)32)9-7-20-8-14-27(26(31)15-20)38-19-30(33,34)35/h8,10-16,21,29H,2-7,9,17-19H2,1H3. The number of ether oxygens (including phenoxy) is 3. The van der Waals surface area contributed by atoms with E-state index >= 15 is 4.39 Å². The summed E-state index contributed by atoms with van der Waals surface area (Å²) in [4.78, 5) is 0. The fourth-order valence-corrected chi connectivity index (χ4v) is 4.71. The van der Waals surface area contributed by atoms with Gasteiger partial charge in [0.15, 0.2) is 24.5 Å². The third-order valence-corrected chi connectivity index (χ3v) is 6.83. The van der Waals surface area contributed by atoms with Gasteiger partial charge in [0.05, 0.1) is 13.2 Å². The molecule has 4 rings (SSSR count). The minimum Gasteiger partial charge on any atom is -0.481 e. The molecular weight excluding hydrogens is 503 g/mol. The van der Waals surface area contributed by atoms with E-state index < -0.39 is 30.6 Å². The van der Waals surface area contributed by atoms with Crippen LogP contribution in [-0.4, -0.2) is 26.0 Å². The first kappa shape index (κ1) is 28.3. The highest BCUT2D eigenvalue weighted by atomic mass is 19.4. The quantitative estimate of drug-likeness (QED) is 0.182. The van der Waals surface area contributed by atoms with E-state index in [1.807, 2.05) is 18.2 Å². The van der Waals surface area contributed by atoms with Crippen LogP contribution in [0.25, 0.3) is 10.8 Å². The molecule has 1 heterocycles. The maximum absolute atomic E-state index is 15.3. The SMILES string of the molecule is CCCCCCC1COC(c2ccc3c(F)c(CCc4ccc(OCC(F)(F)F)c(F)c4)ccc3c2)OC1. The Morgan fingerprint density at radius 2 is 1.68 bits per heavy atom. The lowest BCUT2D eigenvalue weighted by molar-refractivity contribution is -0.206. The van der Waals surface area contributed by atoms with Crippen LogP contribution < -0.4 is 4.74 Å². The van der Waals surface area contributed by atoms with E-state index in [1.165, 1.54) is 37.8 Å². The van der Waals surface area contributed by atoms with Crippen LogP contribution in [0, 0.1) is 17.6 Å². The second kappa shape index (κ2) is 12.9. The maximum atomic E-state index is 15.3. The van der Waals surface area contributed by atoms with Crippen LogP contribution in [0.4, 0.5) is 22.0 Å². The van der Waals surface area contributed by atoms with Gasteiger partial charge in [0.2, 0.25) is 0 Å². The lowest BCUT2D eigenvalue weighted by Gasteiger charge is -2.30. The van der Waals surface area contributed by atoms with E-state index in [9.17, 15) is 17.6 Å². The second-order valence-corrected chi connectivity index (χ2v) is 9.90. The molecule has 0 radical (unpaired) electrons. The third kappa shape index (κ3) is 7.67. The largest absolute Gasteiger partial charge is 0.481 e. The molecule has 0 aliphatic carbocycles. The van der Waals surface area contributed by atoms with E-state index in [0.717, 1.165) is 23.4 Å². The van der Waals surface area contributed by atoms with Gasteiger partial charge in [-0.05, 0) is 54.0 Å². The van der Waals surface area contributed by atoms with Gasteiger partial charge < -0.3 is 14.2 Å². The fraction of sp³-hybridized carbons (Fsp3) is 0.467. The minimum atomic E-state index is -4.55. The van der Waals surface area contributed by atoms with Gasteiger partial charge in [-0.3, -0.25) is 0 Å². The molecule has 8 heteroatoms. The average Bonchev–Trinajstić information content (AvgIpc) is 2.90. The zero-order chi connectivity index (χ0) is 27.1. The Kier molecular flexibility index (Phi) is 9.60. The summed E-state index contributed by atoms with van der Waals surface area (Å²) in [6, 6.07) is 12.7. The zero-order valence-corrected chi connectivity index (χ0v) is 21.5.